The first-order valence-electron chi connectivity index (χ1n) is 15.1. The van der Waals surface area contributed by atoms with E-state index in [0.29, 0.717) is 12.2 Å². The molecule has 1 heterocycles. The standard InChI is InChI=1S/C29H41N3O5S.C3H9N/c1-5-6-15-26(38-25-14-8-7-11-21(25)2)31-28(33)35-18-10-19-36-29(34)37-24-13-9-12-23-27(24)22(20-30-23)16-17-32(3)4;1-2-3-4/h9,12-13,15,20,30H,5-8,10-11,14,16-19H2,1-4H3,(H,31,33);2-4H2,1H3/b26-15+;. The number of nitrogens with two attached hydrogens (primary N) is 1. The Hall–Kier alpha value is -2.95. The van der Waals surface area contributed by atoms with E-state index in [1.54, 1.807) is 17.8 Å². The Morgan fingerprint density at radius 2 is 1.86 bits per heavy atom. The Morgan fingerprint density at radius 1 is 1.12 bits per heavy atom. The molecule has 0 spiro atoms. The van der Waals surface area contributed by atoms with E-state index in [2.05, 4.69) is 42.0 Å². The average Bonchev–Trinajstić information content (AvgIpc) is 3.40. The van der Waals surface area contributed by atoms with Crippen molar-refractivity contribution in [1.29, 1.82) is 0 Å². The number of ether oxygens (including phenoxy) is 3. The third-order valence-electron chi connectivity index (χ3n) is 6.56. The number of H-pyrrole nitrogens is 1. The van der Waals surface area contributed by atoms with Gasteiger partial charge < -0.3 is 29.8 Å². The zero-order chi connectivity index (χ0) is 30.7. The summed E-state index contributed by atoms with van der Waals surface area (Å²) in [6, 6.07) is 5.54. The van der Waals surface area contributed by atoms with Gasteiger partial charge in [-0.2, -0.15) is 0 Å². The molecule has 0 aliphatic heterocycles. The van der Waals surface area contributed by atoms with Crippen LogP contribution in [-0.2, 0) is 15.9 Å². The average molecular weight is 603 g/mol. The first kappa shape index (κ1) is 35.2. The molecule has 0 fully saturated rings. The fourth-order valence-electron chi connectivity index (χ4n) is 4.17. The minimum atomic E-state index is -0.779. The van der Waals surface area contributed by atoms with Gasteiger partial charge in [-0.3, -0.25) is 5.32 Å². The van der Waals surface area contributed by atoms with Crippen LogP contribution in [0.15, 0.2) is 46.0 Å². The molecule has 1 amide bonds. The van der Waals surface area contributed by atoms with E-state index < -0.39 is 12.2 Å². The molecule has 1 aromatic heterocycles. The van der Waals surface area contributed by atoms with Gasteiger partial charge in [0.1, 0.15) is 5.75 Å². The van der Waals surface area contributed by atoms with Crippen molar-refractivity contribution in [3.8, 4) is 5.75 Å². The van der Waals surface area contributed by atoms with Gasteiger partial charge in [-0.15, -0.1) is 0 Å². The van der Waals surface area contributed by atoms with Crippen LogP contribution in [0.4, 0.5) is 9.59 Å². The minimum Gasteiger partial charge on any atom is -0.449 e. The maximum absolute atomic E-state index is 12.4. The number of nitrogens with one attached hydrogen (secondary N) is 2. The van der Waals surface area contributed by atoms with Gasteiger partial charge in [0, 0.05) is 30.1 Å². The highest BCUT2D eigenvalue weighted by atomic mass is 32.2. The SMILES string of the molecule is CCC/C=C(\NC(=O)OCCCOC(=O)Oc1cccc2[nH]cc(CCN(C)C)c12)SC1=C(C)CCCC1.CCCN. The molecule has 1 aromatic carbocycles. The van der Waals surface area contributed by atoms with E-state index in [-0.39, 0.29) is 13.2 Å². The summed E-state index contributed by atoms with van der Waals surface area (Å²) in [7, 11) is 4.04. The highest BCUT2D eigenvalue weighted by Gasteiger charge is 2.16. The van der Waals surface area contributed by atoms with E-state index >= 15 is 0 Å². The third-order valence-corrected chi connectivity index (χ3v) is 7.85. The number of fused-ring (bicyclic) bond motifs is 1. The van der Waals surface area contributed by atoms with E-state index in [1.807, 2.05) is 32.4 Å². The molecule has 3 rings (SSSR count). The molecule has 234 valence electrons. The monoisotopic (exact) mass is 602 g/mol. The molecule has 1 aliphatic rings. The van der Waals surface area contributed by atoms with Gasteiger partial charge >= 0.3 is 12.2 Å². The van der Waals surface area contributed by atoms with Crippen molar-refractivity contribution in [1.82, 2.24) is 15.2 Å². The smallest absolute Gasteiger partial charge is 0.449 e. The van der Waals surface area contributed by atoms with Gasteiger partial charge in [-0.05, 0) is 95.1 Å². The first-order valence-corrected chi connectivity index (χ1v) is 15.9. The fourth-order valence-corrected chi connectivity index (χ4v) is 5.30. The number of hydrogen-bond donors (Lipinski definition) is 3. The lowest BCUT2D eigenvalue weighted by Gasteiger charge is -2.19. The summed E-state index contributed by atoms with van der Waals surface area (Å²) in [4.78, 5) is 31.4. The highest BCUT2D eigenvalue weighted by Crippen LogP contribution is 2.36. The molecule has 42 heavy (non-hydrogen) atoms. The third kappa shape index (κ3) is 12.9. The summed E-state index contributed by atoms with van der Waals surface area (Å²) < 4.78 is 16.0. The van der Waals surface area contributed by atoms with Crippen molar-refractivity contribution < 1.29 is 23.8 Å². The molecule has 10 heteroatoms. The topological polar surface area (TPSA) is 119 Å². The van der Waals surface area contributed by atoms with Gasteiger partial charge in [0.05, 0.1) is 18.2 Å². The highest BCUT2D eigenvalue weighted by molar-refractivity contribution is 8.06. The summed E-state index contributed by atoms with van der Waals surface area (Å²) in [6.45, 7) is 8.25. The number of rotatable bonds is 14. The number of unbranched alkanes of at least 4 members (excludes halogenated alkanes) is 1. The number of nitrogens with zero attached hydrogens (tertiary/aromatic N) is 1. The minimum absolute atomic E-state index is 0.0854. The van der Waals surface area contributed by atoms with E-state index in [4.69, 9.17) is 19.9 Å². The van der Waals surface area contributed by atoms with Crippen molar-refractivity contribution in [2.45, 2.75) is 78.6 Å². The number of aromatic amines is 1. The van der Waals surface area contributed by atoms with Crippen LogP contribution in [0, 0.1) is 0 Å². The zero-order valence-electron chi connectivity index (χ0n) is 26.1. The number of thioether (sulfide) groups is 1. The van der Waals surface area contributed by atoms with Gasteiger partial charge in [-0.1, -0.05) is 49.7 Å². The second-order valence-corrected chi connectivity index (χ2v) is 11.7. The van der Waals surface area contributed by atoms with Gasteiger partial charge in [0.25, 0.3) is 0 Å². The quantitative estimate of drug-likeness (QED) is 0.116. The van der Waals surface area contributed by atoms with E-state index in [9.17, 15) is 9.59 Å². The second-order valence-electron chi connectivity index (χ2n) is 10.5. The number of carbonyl (C=O) groups excluding carboxylic acids is 2. The second kappa shape index (κ2) is 20.0. The van der Waals surface area contributed by atoms with Crippen molar-refractivity contribution in [2.24, 2.45) is 5.73 Å². The number of alkyl carbamates (subject to hydrolysis) is 1. The largest absolute Gasteiger partial charge is 0.513 e. The lowest BCUT2D eigenvalue weighted by atomic mass is 10.0. The molecule has 9 nitrogen and oxygen atoms in total. The Balaban J connectivity index is 0.00000144. The maximum Gasteiger partial charge on any atom is 0.513 e. The predicted octanol–water partition coefficient (Wildman–Crippen LogP) is 7.48. The predicted molar refractivity (Wildman–Crippen MR) is 173 cm³/mol. The summed E-state index contributed by atoms with van der Waals surface area (Å²) in [5.41, 5.74) is 8.42. The van der Waals surface area contributed by atoms with Crippen LogP contribution in [0.1, 0.15) is 77.7 Å². The van der Waals surface area contributed by atoms with Crippen LogP contribution in [0.2, 0.25) is 0 Å². The number of benzene rings is 1. The number of likely N-dealkylation sites (N-methyl/N-ethyl adjacent to an activating group) is 1. The number of hydrogen-bond acceptors (Lipinski definition) is 8. The molecule has 2 aromatic rings. The van der Waals surface area contributed by atoms with Crippen LogP contribution in [0.25, 0.3) is 10.9 Å². The summed E-state index contributed by atoms with van der Waals surface area (Å²) in [5.74, 6) is 0.463. The number of amides is 1. The van der Waals surface area contributed by atoms with Crippen molar-refractivity contribution in [2.75, 3.05) is 40.4 Å². The van der Waals surface area contributed by atoms with E-state index in [1.165, 1.54) is 23.3 Å². The molecule has 1 aliphatic carbocycles. The van der Waals surface area contributed by atoms with Gasteiger partial charge in [-0.25, -0.2) is 9.59 Å². The Bertz CT molecular complexity index is 1170. The lowest BCUT2D eigenvalue weighted by molar-refractivity contribution is 0.0886. The van der Waals surface area contributed by atoms with E-state index in [0.717, 1.165) is 73.1 Å². The maximum atomic E-state index is 12.4. The Kier molecular flexibility index (Phi) is 16.8. The molecule has 0 saturated carbocycles. The van der Waals surface area contributed by atoms with Crippen molar-refractivity contribution >= 4 is 34.9 Å². The summed E-state index contributed by atoms with van der Waals surface area (Å²) in [5, 5.41) is 4.58. The number of carbonyl (C=O) groups is 2. The molecule has 4 N–H and O–H groups in total. The number of allylic oxidation sites excluding steroid dienone is 3. The zero-order valence-corrected chi connectivity index (χ0v) is 26.9. The Morgan fingerprint density at radius 3 is 2.55 bits per heavy atom. The summed E-state index contributed by atoms with van der Waals surface area (Å²) in [6.07, 6.45) is 11.5. The fraction of sp³-hybridized carbons (Fsp3) is 0.562. The molecular formula is C32H50N4O5S. The summed E-state index contributed by atoms with van der Waals surface area (Å²) >= 11 is 1.64. The van der Waals surface area contributed by atoms with Crippen LogP contribution >= 0.6 is 11.8 Å². The van der Waals surface area contributed by atoms with Crippen LogP contribution < -0.4 is 15.8 Å². The Labute approximate surface area is 255 Å². The van der Waals surface area contributed by atoms with Gasteiger partial charge in [0.2, 0.25) is 0 Å². The van der Waals surface area contributed by atoms with Crippen LogP contribution in [0.5, 0.6) is 5.75 Å². The first-order chi connectivity index (χ1) is 20.3. The molecule has 0 radical (unpaired) electrons. The molecule has 0 saturated heterocycles. The van der Waals surface area contributed by atoms with Crippen LogP contribution in [-0.4, -0.2) is 62.5 Å². The molecule has 0 unspecified atom stereocenters. The lowest BCUT2D eigenvalue weighted by Crippen LogP contribution is -2.23. The molecular weight excluding hydrogens is 552 g/mol. The normalized spacial score (nSPS) is 13.5. The number of aromatic nitrogens is 1. The van der Waals surface area contributed by atoms with Gasteiger partial charge in [0.15, 0.2) is 0 Å². The molecule has 0 bridgehead atoms. The van der Waals surface area contributed by atoms with Crippen LogP contribution in [0.3, 0.4) is 0 Å². The van der Waals surface area contributed by atoms with Crippen molar-refractivity contribution in [3.63, 3.8) is 0 Å². The van der Waals surface area contributed by atoms with Crippen molar-refractivity contribution in [3.05, 3.63) is 51.5 Å². The molecule has 0 atom stereocenters.